The highest BCUT2D eigenvalue weighted by molar-refractivity contribution is 6.08. The zero-order chi connectivity index (χ0) is 51.5. The molecule has 0 radical (unpaired) electrons. The number of pyridine rings is 2. The normalized spacial score (nSPS) is 12.1. The van der Waals surface area contributed by atoms with Crippen molar-refractivity contribution in [3.8, 4) is 22.5 Å². The summed E-state index contributed by atoms with van der Waals surface area (Å²) in [6, 6.07) is 58.9. The largest absolute Gasteiger partial charge is 0.341 e. The summed E-state index contributed by atoms with van der Waals surface area (Å²) in [5.74, 6) is -2.90. The molecule has 0 saturated carbocycles. The second-order valence-corrected chi connectivity index (χ2v) is 19.6. The Balaban J connectivity index is 1.13. The van der Waals surface area contributed by atoms with Gasteiger partial charge in [-0.3, -0.25) is 9.97 Å². The van der Waals surface area contributed by atoms with Gasteiger partial charge in [-0.15, -0.1) is 0 Å². The van der Waals surface area contributed by atoms with Crippen LogP contribution in [0.1, 0.15) is 82.4 Å². The van der Waals surface area contributed by atoms with E-state index in [1.165, 1.54) is 51.6 Å². The number of fused-ring (bicyclic) bond motifs is 3. The summed E-state index contributed by atoms with van der Waals surface area (Å²) in [6.07, 6.45) is 4.78. The van der Waals surface area contributed by atoms with Gasteiger partial charge in [-0.05, 0) is 154 Å². The average molecular weight is 986 g/mol. The van der Waals surface area contributed by atoms with Crippen LogP contribution in [0.5, 0.6) is 0 Å². The summed E-state index contributed by atoms with van der Waals surface area (Å²) in [5, 5.41) is 2.45. The van der Waals surface area contributed by atoms with Gasteiger partial charge in [-0.2, -0.15) is 0 Å². The second-order valence-electron chi connectivity index (χ2n) is 19.6. The fourth-order valence-electron chi connectivity index (χ4n) is 10.4. The van der Waals surface area contributed by atoms with E-state index in [4.69, 9.17) is 9.97 Å². The molecule has 0 amide bonds. The third kappa shape index (κ3) is 9.91. The van der Waals surface area contributed by atoms with Crippen LogP contribution >= 0.6 is 0 Å². The Bertz CT molecular complexity index is 3590. The van der Waals surface area contributed by atoms with Crippen LogP contribution in [-0.4, -0.2) is 21.1 Å². The molecule has 0 aliphatic heterocycles. The van der Waals surface area contributed by atoms with Crippen LogP contribution in [0.2, 0.25) is 0 Å². The number of rotatable bonds is 17. The van der Waals surface area contributed by atoms with E-state index in [9.17, 15) is 8.78 Å². The molecule has 3 aromatic heterocycles. The van der Waals surface area contributed by atoms with E-state index in [1.54, 1.807) is 0 Å². The SMILES string of the molecule is CCCC(CC)n1c2ccccc2c2cc(CCN(c3ccccc3)c3cc(-c4ccc(F)cc4F)nc(C(C)(C)c4cc(N(c5ccccc5)c5ccc(CC)cc5)cc(-c5ccc(F)cc5F)n4)c3)ccc21. The third-order valence-electron chi connectivity index (χ3n) is 14.4. The Labute approximate surface area is 431 Å². The van der Waals surface area contributed by atoms with E-state index in [0.29, 0.717) is 41.8 Å². The molecule has 5 nitrogen and oxygen atoms in total. The molecule has 7 aromatic carbocycles. The van der Waals surface area contributed by atoms with Crippen LogP contribution in [-0.2, 0) is 18.3 Å². The number of anilines is 5. The molecule has 10 rings (SSSR count). The highest BCUT2D eigenvalue weighted by atomic mass is 19.1. The molecule has 1 atom stereocenters. The van der Waals surface area contributed by atoms with Crippen molar-refractivity contribution >= 4 is 50.2 Å². The number of para-hydroxylation sites is 3. The molecule has 0 fully saturated rings. The minimum Gasteiger partial charge on any atom is -0.341 e. The van der Waals surface area contributed by atoms with Crippen molar-refractivity contribution in [2.75, 3.05) is 16.3 Å². The van der Waals surface area contributed by atoms with Crippen LogP contribution in [0.25, 0.3) is 44.3 Å². The van der Waals surface area contributed by atoms with Crippen LogP contribution in [0, 0.1) is 23.3 Å². The molecular weight excluding hydrogens is 927 g/mol. The molecule has 0 aliphatic carbocycles. The van der Waals surface area contributed by atoms with Crippen LogP contribution < -0.4 is 9.80 Å². The fourth-order valence-corrected chi connectivity index (χ4v) is 10.4. The lowest BCUT2D eigenvalue weighted by atomic mass is 9.83. The Morgan fingerprint density at radius 3 is 1.64 bits per heavy atom. The van der Waals surface area contributed by atoms with Crippen molar-refractivity contribution in [3.63, 3.8) is 0 Å². The van der Waals surface area contributed by atoms with Gasteiger partial charge in [0.15, 0.2) is 0 Å². The number of benzene rings is 7. The van der Waals surface area contributed by atoms with Gasteiger partial charge >= 0.3 is 0 Å². The summed E-state index contributed by atoms with van der Waals surface area (Å²) in [4.78, 5) is 14.7. The van der Waals surface area contributed by atoms with E-state index in [1.807, 2.05) is 86.6 Å². The summed E-state index contributed by atoms with van der Waals surface area (Å²) in [7, 11) is 0. The summed E-state index contributed by atoms with van der Waals surface area (Å²) in [5.41, 5.74) is 9.73. The van der Waals surface area contributed by atoms with Crippen LogP contribution in [0.4, 0.5) is 46.0 Å². The number of hydrogen-bond donors (Lipinski definition) is 0. The Morgan fingerprint density at radius 1 is 0.500 bits per heavy atom. The maximum atomic E-state index is 16.1. The van der Waals surface area contributed by atoms with E-state index < -0.39 is 28.7 Å². The van der Waals surface area contributed by atoms with E-state index in [2.05, 4.69) is 114 Å². The summed E-state index contributed by atoms with van der Waals surface area (Å²) in [6.45, 7) is 11.1. The monoisotopic (exact) mass is 985 g/mol. The van der Waals surface area contributed by atoms with Gasteiger partial charge < -0.3 is 14.4 Å². The van der Waals surface area contributed by atoms with Crippen molar-refractivity contribution in [1.29, 1.82) is 0 Å². The van der Waals surface area contributed by atoms with Crippen molar-refractivity contribution in [2.24, 2.45) is 0 Å². The fraction of sp³-hybridized carbons (Fsp3) is 0.200. The molecule has 372 valence electrons. The molecule has 0 N–H and O–H groups in total. The van der Waals surface area contributed by atoms with Gasteiger partial charge in [0.1, 0.15) is 23.3 Å². The highest BCUT2D eigenvalue weighted by Crippen LogP contribution is 2.43. The number of aryl methyl sites for hydroxylation is 1. The lowest BCUT2D eigenvalue weighted by Crippen LogP contribution is -2.26. The number of halogens is 4. The lowest BCUT2D eigenvalue weighted by molar-refractivity contribution is 0.471. The Kier molecular flexibility index (Phi) is 14.2. The Morgan fingerprint density at radius 2 is 1.04 bits per heavy atom. The predicted octanol–water partition coefficient (Wildman–Crippen LogP) is 18.0. The van der Waals surface area contributed by atoms with Crippen LogP contribution in [0.3, 0.4) is 0 Å². The maximum Gasteiger partial charge on any atom is 0.135 e. The summed E-state index contributed by atoms with van der Waals surface area (Å²) >= 11 is 0. The molecule has 0 aliphatic rings. The molecule has 10 aromatic rings. The standard InChI is InChI=1S/C65H59F4N5/c1-6-17-47(8-3)74-61-23-16-15-22-53(61)56-36-44(26-33-62(56)74)34-35-72(48-18-11-9-12-19-48)51-39-59(54-31-27-45(66)37-57(54)68)70-63(41-51)65(4,5)64-42-52(40-60(71-64)55-32-28-46(67)38-58(55)69)73(49-20-13-10-14-21-49)50-29-24-43(7-2)25-30-50/h9-16,18-33,36-42,47H,6-8,17,34-35H2,1-5H3. The predicted molar refractivity (Wildman–Crippen MR) is 296 cm³/mol. The van der Waals surface area contributed by atoms with Crippen molar-refractivity contribution in [2.45, 2.75) is 78.2 Å². The van der Waals surface area contributed by atoms with Gasteiger partial charge in [0.25, 0.3) is 0 Å². The Hall–Kier alpha value is -8.04. The second kappa shape index (κ2) is 21.2. The first-order valence-electron chi connectivity index (χ1n) is 25.7. The van der Waals surface area contributed by atoms with Gasteiger partial charge in [0.2, 0.25) is 0 Å². The van der Waals surface area contributed by atoms with E-state index >= 15 is 8.78 Å². The van der Waals surface area contributed by atoms with E-state index in [0.717, 1.165) is 66.1 Å². The number of aromatic nitrogens is 3. The van der Waals surface area contributed by atoms with Gasteiger partial charge in [-0.25, -0.2) is 17.6 Å². The van der Waals surface area contributed by atoms with Gasteiger partial charge in [-0.1, -0.05) is 100.0 Å². The quantitative estimate of drug-likeness (QED) is 0.0852. The first-order valence-corrected chi connectivity index (χ1v) is 25.7. The molecule has 1 unspecified atom stereocenters. The van der Waals surface area contributed by atoms with Crippen molar-refractivity contribution < 1.29 is 17.6 Å². The zero-order valence-corrected chi connectivity index (χ0v) is 42.5. The summed E-state index contributed by atoms with van der Waals surface area (Å²) < 4.78 is 63.8. The topological polar surface area (TPSA) is 37.2 Å². The molecule has 0 saturated heterocycles. The number of nitrogens with zero attached hydrogens (tertiary/aromatic N) is 5. The smallest absolute Gasteiger partial charge is 0.135 e. The van der Waals surface area contributed by atoms with Crippen molar-refractivity contribution in [1.82, 2.24) is 14.5 Å². The molecule has 3 heterocycles. The molecule has 0 spiro atoms. The first kappa shape index (κ1) is 49.5. The van der Waals surface area contributed by atoms with Gasteiger partial charge in [0.05, 0.1) is 28.5 Å². The van der Waals surface area contributed by atoms with Crippen molar-refractivity contribution in [3.05, 3.63) is 234 Å². The van der Waals surface area contributed by atoms with Gasteiger partial charge in [0, 0.05) is 85.8 Å². The highest BCUT2D eigenvalue weighted by Gasteiger charge is 2.32. The maximum absolute atomic E-state index is 16.1. The molecule has 74 heavy (non-hydrogen) atoms. The molecule has 9 heteroatoms. The third-order valence-corrected chi connectivity index (χ3v) is 14.4. The molecule has 0 bridgehead atoms. The number of hydrogen-bond acceptors (Lipinski definition) is 4. The first-order chi connectivity index (χ1) is 35.9. The zero-order valence-electron chi connectivity index (χ0n) is 42.5. The van der Waals surface area contributed by atoms with E-state index in [-0.39, 0.29) is 16.8 Å². The lowest BCUT2D eigenvalue weighted by Gasteiger charge is -2.31. The minimum atomic E-state index is -1.05. The molecular formula is C65H59F4N5. The average Bonchev–Trinajstić information content (AvgIpc) is 3.75. The minimum absolute atomic E-state index is 0.125. The van der Waals surface area contributed by atoms with Crippen LogP contribution in [0.15, 0.2) is 188 Å².